The first-order valence-electron chi connectivity index (χ1n) is 8.36. The molecule has 1 aromatic rings. The summed E-state index contributed by atoms with van der Waals surface area (Å²) in [6.07, 6.45) is 1.97. The average Bonchev–Trinajstić information content (AvgIpc) is 2.60. The molecule has 0 aliphatic carbocycles. The minimum Gasteiger partial charge on any atom is -0.493 e. The largest absolute Gasteiger partial charge is 0.493 e. The Labute approximate surface area is 147 Å². The molecule has 1 amide bonds. The van der Waals surface area contributed by atoms with Crippen molar-refractivity contribution in [2.24, 2.45) is 5.92 Å². The molecule has 8 nitrogen and oxygen atoms in total. The molecule has 2 atom stereocenters. The van der Waals surface area contributed by atoms with Gasteiger partial charge in [-0.15, -0.1) is 0 Å². The third kappa shape index (κ3) is 4.82. The molecule has 138 valence electrons. The predicted molar refractivity (Wildman–Crippen MR) is 93.1 cm³/mol. The van der Waals surface area contributed by atoms with E-state index in [0.717, 1.165) is 19.4 Å². The topological polar surface area (TPSA) is 103 Å². The van der Waals surface area contributed by atoms with Crippen LogP contribution in [0.3, 0.4) is 0 Å². The molecule has 1 heterocycles. The summed E-state index contributed by atoms with van der Waals surface area (Å²) < 4.78 is 10.3. The van der Waals surface area contributed by atoms with Gasteiger partial charge in [-0.3, -0.25) is 14.9 Å². The first-order valence-corrected chi connectivity index (χ1v) is 8.36. The lowest BCUT2D eigenvalue weighted by Crippen LogP contribution is -2.42. The Morgan fingerprint density at radius 2 is 2.04 bits per heavy atom. The number of nitro benzene ring substituents is 1. The molecule has 0 spiro atoms. The zero-order valence-corrected chi connectivity index (χ0v) is 14.8. The highest BCUT2D eigenvalue weighted by molar-refractivity contribution is 5.78. The van der Waals surface area contributed by atoms with E-state index in [1.807, 2.05) is 0 Å². The Morgan fingerprint density at radius 1 is 1.36 bits per heavy atom. The fraction of sp³-hybridized carbons (Fsp3) is 0.588. The SMILES string of the molecule is COc1cc(CCNC(=O)[C@H]2CCN[C@@H](C)C2)c([N+](=O)[O-])cc1OC. The fourth-order valence-electron chi connectivity index (χ4n) is 3.12. The number of ether oxygens (including phenoxy) is 2. The number of piperidine rings is 1. The van der Waals surface area contributed by atoms with E-state index in [4.69, 9.17) is 9.47 Å². The molecule has 0 aromatic heterocycles. The zero-order valence-electron chi connectivity index (χ0n) is 14.8. The van der Waals surface area contributed by atoms with Crippen molar-refractivity contribution in [3.63, 3.8) is 0 Å². The second-order valence-corrected chi connectivity index (χ2v) is 6.21. The number of hydrogen-bond donors (Lipinski definition) is 2. The molecule has 8 heteroatoms. The summed E-state index contributed by atoms with van der Waals surface area (Å²) in [5.41, 5.74) is 0.462. The Balaban J connectivity index is 2.01. The van der Waals surface area contributed by atoms with Gasteiger partial charge in [0.1, 0.15) is 0 Å². The highest BCUT2D eigenvalue weighted by Crippen LogP contribution is 2.34. The zero-order chi connectivity index (χ0) is 18.4. The summed E-state index contributed by atoms with van der Waals surface area (Å²) in [4.78, 5) is 23.1. The molecule has 0 unspecified atom stereocenters. The maximum atomic E-state index is 12.3. The molecule has 2 N–H and O–H groups in total. The number of benzene rings is 1. The lowest BCUT2D eigenvalue weighted by atomic mass is 9.92. The molecular formula is C17H25N3O5. The summed E-state index contributed by atoms with van der Waals surface area (Å²) in [5, 5.41) is 17.5. The van der Waals surface area contributed by atoms with E-state index in [2.05, 4.69) is 17.6 Å². The highest BCUT2D eigenvalue weighted by atomic mass is 16.6. The third-order valence-electron chi connectivity index (χ3n) is 4.47. The molecule has 0 saturated carbocycles. The molecule has 0 radical (unpaired) electrons. The Kier molecular flexibility index (Phi) is 6.58. The van der Waals surface area contributed by atoms with Crippen LogP contribution in [0.1, 0.15) is 25.3 Å². The highest BCUT2D eigenvalue weighted by Gasteiger charge is 2.25. The van der Waals surface area contributed by atoms with Gasteiger partial charge in [-0.05, 0) is 38.8 Å². The second-order valence-electron chi connectivity index (χ2n) is 6.21. The van der Waals surface area contributed by atoms with E-state index >= 15 is 0 Å². The maximum Gasteiger partial charge on any atom is 0.276 e. The van der Waals surface area contributed by atoms with E-state index in [-0.39, 0.29) is 17.5 Å². The van der Waals surface area contributed by atoms with Gasteiger partial charge in [0.15, 0.2) is 11.5 Å². The lowest BCUT2D eigenvalue weighted by Gasteiger charge is -2.27. The van der Waals surface area contributed by atoms with E-state index in [1.165, 1.54) is 20.3 Å². The first kappa shape index (κ1) is 19.0. The van der Waals surface area contributed by atoms with Crippen molar-refractivity contribution in [1.82, 2.24) is 10.6 Å². The molecule has 1 aliphatic heterocycles. The Morgan fingerprint density at radius 3 is 2.64 bits per heavy atom. The quantitative estimate of drug-likeness (QED) is 0.572. The van der Waals surface area contributed by atoms with Gasteiger partial charge >= 0.3 is 0 Å². The Bertz CT molecular complexity index is 635. The van der Waals surface area contributed by atoms with Crippen LogP contribution < -0.4 is 20.1 Å². The van der Waals surface area contributed by atoms with E-state index in [0.29, 0.717) is 36.1 Å². The minimum absolute atomic E-state index is 0.00311. The molecule has 2 rings (SSSR count). The summed E-state index contributed by atoms with van der Waals surface area (Å²) in [6.45, 7) is 3.24. The van der Waals surface area contributed by atoms with Gasteiger partial charge in [-0.2, -0.15) is 0 Å². The lowest BCUT2D eigenvalue weighted by molar-refractivity contribution is -0.385. The van der Waals surface area contributed by atoms with Gasteiger partial charge in [0.25, 0.3) is 5.69 Å². The molecule has 25 heavy (non-hydrogen) atoms. The normalized spacial score (nSPS) is 20.0. The van der Waals surface area contributed by atoms with Gasteiger partial charge in [-0.25, -0.2) is 0 Å². The molecule has 1 saturated heterocycles. The number of nitrogens with zero attached hydrogens (tertiary/aromatic N) is 1. The van der Waals surface area contributed by atoms with Crippen LogP contribution in [-0.4, -0.2) is 44.2 Å². The van der Waals surface area contributed by atoms with Gasteiger partial charge in [0.2, 0.25) is 5.91 Å². The van der Waals surface area contributed by atoms with Crippen molar-refractivity contribution in [2.75, 3.05) is 27.3 Å². The van der Waals surface area contributed by atoms with Crippen LogP contribution in [0.15, 0.2) is 12.1 Å². The molecule has 1 aromatic carbocycles. The third-order valence-corrected chi connectivity index (χ3v) is 4.47. The van der Waals surface area contributed by atoms with E-state index < -0.39 is 4.92 Å². The number of methoxy groups -OCH3 is 2. The standard InChI is InChI=1S/C17H25N3O5/c1-11-8-13(5-6-18-11)17(21)19-7-4-12-9-15(24-2)16(25-3)10-14(12)20(22)23/h9-11,13,18H,4-8H2,1-3H3,(H,19,21)/t11-,13-/m0/s1. The van der Waals surface area contributed by atoms with E-state index in [9.17, 15) is 14.9 Å². The van der Waals surface area contributed by atoms with Crippen LogP contribution in [0, 0.1) is 16.0 Å². The fourth-order valence-corrected chi connectivity index (χ4v) is 3.12. The average molecular weight is 351 g/mol. The number of hydrogen-bond acceptors (Lipinski definition) is 6. The van der Waals surface area contributed by atoms with Gasteiger partial charge in [-0.1, -0.05) is 0 Å². The number of nitrogens with one attached hydrogen (secondary N) is 2. The van der Waals surface area contributed by atoms with Crippen LogP contribution in [0.5, 0.6) is 11.5 Å². The van der Waals surface area contributed by atoms with Gasteiger partial charge in [0.05, 0.1) is 25.2 Å². The second kappa shape index (κ2) is 8.66. The van der Waals surface area contributed by atoms with Crippen molar-refractivity contribution in [1.29, 1.82) is 0 Å². The number of carbonyl (C=O) groups excluding carboxylic acids is 1. The van der Waals surface area contributed by atoms with Gasteiger partial charge in [0, 0.05) is 24.1 Å². The molecule has 1 fully saturated rings. The van der Waals surface area contributed by atoms with Crippen molar-refractivity contribution in [2.45, 2.75) is 32.2 Å². The number of amides is 1. The first-order chi connectivity index (χ1) is 12.0. The van der Waals surface area contributed by atoms with Gasteiger partial charge < -0.3 is 20.1 Å². The van der Waals surface area contributed by atoms with Crippen molar-refractivity contribution < 1.29 is 19.2 Å². The van der Waals surface area contributed by atoms with Crippen molar-refractivity contribution in [3.05, 3.63) is 27.8 Å². The summed E-state index contributed by atoms with van der Waals surface area (Å²) in [7, 11) is 2.91. The smallest absolute Gasteiger partial charge is 0.276 e. The summed E-state index contributed by atoms with van der Waals surface area (Å²) in [6, 6.07) is 3.27. The predicted octanol–water partition coefficient (Wildman–Crippen LogP) is 1.66. The number of carbonyl (C=O) groups is 1. The Hall–Kier alpha value is -2.35. The van der Waals surface area contributed by atoms with Crippen LogP contribution >= 0.6 is 0 Å². The number of rotatable bonds is 7. The van der Waals surface area contributed by atoms with Crippen LogP contribution in [0.4, 0.5) is 5.69 Å². The van der Waals surface area contributed by atoms with E-state index in [1.54, 1.807) is 6.07 Å². The van der Waals surface area contributed by atoms with Crippen molar-refractivity contribution in [3.8, 4) is 11.5 Å². The maximum absolute atomic E-state index is 12.3. The van der Waals surface area contributed by atoms with Crippen molar-refractivity contribution >= 4 is 11.6 Å². The summed E-state index contributed by atoms with van der Waals surface area (Å²) in [5.74, 6) is 0.750. The molecule has 1 aliphatic rings. The molecule has 0 bridgehead atoms. The number of nitro groups is 1. The summed E-state index contributed by atoms with van der Waals surface area (Å²) >= 11 is 0. The minimum atomic E-state index is -0.451. The molecular weight excluding hydrogens is 326 g/mol. The monoisotopic (exact) mass is 351 g/mol. The van der Waals surface area contributed by atoms with Crippen LogP contribution in [0.25, 0.3) is 0 Å². The van der Waals surface area contributed by atoms with Crippen LogP contribution in [-0.2, 0) is 11.2 Å². The van der Waals surface area contributed by atoms with Crippen LogP contribution in [0.2, 0.25) is 0 Å².